The molecule has 0 atom stereocenters. The molecule has 1 aromatic heterocycles. The van der Waals surface area contributed by atoms with Gasteiger partial charge in [0, 0.05) is 0 Å². The highest BCUT2D eigenvalue weighted by Gasteiger charge is 1.98. The summed E-state index contributed by atoms with van der Waals surface area (Å²) in [5.74, 6) is 0.939. The fraction of sp³-hybridized carbons (Fsp3) is 0.308. The van der Waals surface area contributed by atoms with Crippen LogP contribution in [0.25, 0.3) is 17.7 Å². The first-order chi connectivity index (χ1) is 7.22. The predicted molar refractivity (Wildman–Crippen MR) is 66.6 cm³/mol. The summed E-state index contributed by atoms with van der Waals surface area (Å²) in [4.78, 5) is 7.80. The van der Waals surface area contributed by atoms with E-state index in [1.54, 1.807) is 0 Å². The zero-order valence-corrected chi connectivity index (χ0v) is 9.83. The molecule has 0 unspecified atom stereocenters. The largest absolute Gasteiger partial charge is 0.339 e. The molecule has 80 valence electrons. The Morgan fingerprint density at radius 1 is 1.20 bits per heavy atom. The molecule has 2 heteroatoms. The summed E-state index contributed by atoms with van der Waals surface area (Å²) >= 11 is 0. The fourth-order valence-electron chi connectivity index (χ4n) is 1.35. The quantitative estimate of drug-likeness (QED) is 0.730. The molecular weight excluding hydrogens is 184 g/mol. The van der Waals surface area contributed by atoms with E-state index in [0.717, 1.165) is 22.1 Å². The van der Waals surface area contributed by atoms with Crippen LogP contribution in [0.1, 0.15) is 33.5 Å². The fourth-order valence-corrected chi connectivity index (χ4v) is 1.35. The number of hydrogen-bond acceptors (Lipinski definition) is 1. The molecule has 0 aromatic carbocycles. The lowest BCUT2D eigenvalue weighted by molar-refractivity contribution is 1.21. The Labute approximate surface area is 90.8 Å². The SMILES string of the molecule is C/C=C\C=C(/C)c1nc(=C/C)/c(=C\C)[nH]1. The van der Waals surface area contributed by atoms with Crippen LogP contribution in [-0.4, -0.2) is 9.97 Å². The monoisotopic (exact) mass is 202 g/mol. The first-order valence-electron chi connectivity index (χ1n) is 5.21. The summed E-state index contributed by atoms with van der Waals surface area (Å²) in [6, 6.07) is 0. The third-order valence-electron chi connectivity index (χ3n) is 2.24. The van der Waals surface area contributed by atoms with Crippen LogP contribution in [0.5, 0.6) is 0 Å². The third-order valence-corrected chi connectivity index (χ3v) is 2.24. The summed E-state index contributed by atoms with van der Waals surface area (Å²) < 4.78 is 0. The van der Waals surface area contributed by atoms with Crippen LogP contribution in [0.3, 0.4) is 0 Å². The molecule has 1 heterocycles. The first kappa shape index (κ1) is 11.5. The molecule has 1 rings (SSSR count). The van der Waals surface area contributed by atoms with E-state index in [1.807, 2.05) is 45.1 Å². The number of hydrogen-bond donors (Lipinski definition) is 1. The van der Waals surface area contributed by atoms with Gasteiger partial charge in [0.1, 0.15) is 5.82 Å². The summed E-state index contributed by atoms with van der Waals surface area (Å²) in [6.07, 6.45) is 10.1. The van der Waals surface area contributed by atoms with Crippen LogP contribution in [-0.2, 0) is 0 Å². The first-order valence-corrected chi connectivity index (χ1v) is 5.21. The second kappa shape index (κ2) is 5.35. The van der Waals surface area contributed by atoms with E-state index in [-0.39, 0.29) is 0 Å². The maximum absolute atomic E-state index is 4.51. The molecular formula is C13H18N2. The summed E-state index contributed by atoms with van der Waals surface area (Å²) in [5.41, 5.74) is 1.14. The van der Waals surface area contributed by atoms with Gasteiger partial charge in [-0.15, -0.1) is 0 Å². The van der Waals surface area contributed by atoms with E-state index < -0.39 is 0 Å². The molecule has 15 heavy (non-hydrogen) atoms. The van der Waals surface area contributed by atoms with Gasteiger partial charge in [0.2, 0.25) is 0 Å². The van der Waals surface area contributed by atoms with Crippen molar-refractivity contribution in [2.45, 2.75) is 27.7 Å². The molecule has 1 aromatic rings. The minimum Gasteiger partial charge on any atom is -0.339 e. The third kappa shape index (κ3) is 2.69. The maximum atomic E-state index is 4.51. The smallest absolute Gasteiger partial charge is 0.134 e. The lowest BCUT2D eigenvalue weighted by Crippen LogP contribution is -2.23. The van der Waals surface area contributed by atoms with Crippen molar-refractivity contribution in [1.82, 2.24) is 9.97 Å². The second-order valence-corrected chi connectivity index (χ2v) is 3.34. The minimum atomic E-state index is 0.939. The number of rotatable bonds is 2. The van der Waals surface area contributed by atoms with Crippen molar-refractivity contribution in [2.24, 2.45) is 0 Å². The molecule has 2 nitrogen and oxygen atoms in total. The van der Waals surface area contributed by atoms with E-state index in [4.69, 9.17) is 0 Å². The number of aromatic amines is 1. The van der Waals surface area contributed by atoms with Crippen LogP contribution in [0.15, 0.2) is 18.2 Å². The molecule has 0 aliphatic rings. The van der Waals surface area contributed by atoms with Crippen LogP contribution >= 0.6 is 0 Å². The Hall–Kier alpha value is -1.57. The Balaban J connectivity index is 3.25. The van der Waals surface area contributed by atoms with Crippen LogP contribution < -0.4 is 10.7 Å². The molecule has 0 amide bonds. The lowest BCUT2D eigenvalue weighted by Gasteiger charge is -1.91. The lowest BCUT2D eigenvalue weighted by atomic mass is 10.2. The van der Waals surface area contributed by atoms with E-state index >= 15 is 0 Å². The summed E-state index contributed by atoms with van der Waals surface area (Å²) in [7, 11) is 0. The Morgan fingerprint density at radius 3 is 2.40 bits per heavy atom. The minimum absolute atomic E-state index is 0.939. The van der Waals surface area contributed by atoms with Gasteiger partial charge in [-0.3, -0.25) is 0 Å². The van der Waals surface area contributed by atoms with E-state index in [0.29, 0.717) is 0 Å². The van der Waals surface area contributed by atoms with Crippen molar-refractivity contribution >= 4 is 17.7 Å². The van der Waals surface area contributed by atoms with Crippen molar-refractivity contribution in [1.29, 1.82) is 0 Å². The number of H-pyrrole nitrogens is 1. The van der Waals surface area contributed by atoms with Crippen molar-refractivity contribution < 1.29 is 0 Å². The van der Waals surface area contributed by atoms with E-state index in [2.05, 4.69) is 23.0 Å². The van der Waals surface area contributed by atoms with Crippen molar-refractivity contribution in [3.8, 4) is 0 Å². The van der Waals surface area contributed by atoms with Crippen LogP contribution in [0, 0.1) is 0 Å². The molecule has 0 saturated heterocycles. The van der Waals surface area contributed by atoms with E-state index in [9.17, 15) is 0 Å². The standard InChI is InChI=1S/C13H18N2/c1-5-8-9-10(4)13-14-11(6-2)12(7-3)15-13/h5-9H,1-4H3,(H,14,15)/b8-5-,10-9+,11-6+,12-7+. The number of aromatic nitrogens is 2. The molecule has 0 aliphatic carbocycles. The molecule has 0 aliphatic heterocycles. The van der Waals surface area contributed by atoms with Gasteiger partial charge in [0.25, 0.3) is 0 Å². The van der Waals surface area contributed by atoms with Gasteiger partial charge >= 0.3 is 0 Å². The molecule has 0 spiro atoms. The summed E-state index contributed by atoms with van der Waals surface area (Å²) in [6.45, 7) is 8.06. The number of nitrogens with zero attached hydrogens (tertiary/aromatic N) is 1. The zero-order chi connectivity index (χ0) is 11.3. The van der Waals surface area contributed by atoms with Gasteiger partial charge in [-0.25, -0.2) is 4.98 Å². The normalized spacial score (nSPS) is 15.6. The predicted octanol–water partition coefficient (Wildman–Crippen LogP) is 1.99. The average molecular weight is 202 g/mol. The topological polar surface area (TPSA) is 28.7 Å². The van der Waals surface area contributed by atoms with Crippen LogP contribution in [0.2, 0.25) is 0 Å². The van der Waals surface area contributed by atoms with Crippen molar-refractivity contribution in [2.75, 3.05) is 0 Å². The van der Waals surface area contributed by atoms with Crippen molar-refractivity contribution in [3.63, 3.8) is 0 Å². The Bertz CT molecular complexity index is 456. The van der Waals surface area contributed by atoms with Gasteiger partial charge in [-0.05, 0) is 33.3 Å². The van der Waals surface area contributed by atoms with Crippen LogP contribution in [0.4, 0.5) is 0 Å². The number of imidazole rings is 1. The highest BCUT2D eigenvalue weighted by Crippen LogP contribution is 2.04. The number of nitrogens with one attached hydrogen (secondary N) is 1. The van der Waals surface area contributed by atoms with Gasteiger partial charge in [0.05, 0.1) is 10.7 Å². The molecule has 0 bridgehead atoms. The second-order valence-electron chi connectivity index (χ2n) is 3.34. The van der Waals surface area contributed by atoms with Gasteiger partial charge in [-0.1, -0.05) is 30.4 Å². The molecule has 1 N–H and O–H groups in total. The summed E-state index contributed by atoms with van der Waals surface area (Å²) in [5, 5.41) is 2.10. The van der Waals surface area contributed by atoms with Crippen molar-refractivity contribution in [3.05, 3.63) is 34.8 Å². The highest BCUT2D eigenvalue weighted by atomic mass is 14.9. The zero-order valence-electron chi connectivity index (χ0n) is 9.83. The Kier molecular flexibility index (Phi) is 4.10. The highest BCUT2D eigenvalue weighted by molar-refractivity contribution is 5.59. The molecule has 0 fully saturated rings. The van der Waals surface area contributed by atoms with E-state index in [1.165, 1.54) is 0 Å². The van der Waals surface area contributed by atoms with Gasteiger partial charge in [-0.2, -0.15) is 0 Å². The average Bonchev–Trinajstić information content (AvgIpc) is 2.68. The molecule has 0 radical (unpaired) electrons. The van der Waals surface area contributed by atoms with Gasteiger partial charge < -0.3 is 4.98 Å². The maximum Gasteiger partial charge on any atom is 0.134 e. The molecule has 0 saturated carbocycles. The Morgan fingerprint density at radius 2 is 1.93 bits per heavy atom. The van der Waals surface area contributed by atoms with Gasteiger partial charge in [0.15, 0.2) is 0 Å². The number of allylic oxidation sites excluding steroid dienone is 4.